The van der Waals surface area contributed by atoms with Crippen molar-refractivity contribution < 1.29 is 9.21 Å². The predicted molar refractivity (Wildman–Crippen MR) is 91.5 cm³/mol. The van der Waals surface area contributed by atoms with Crippen LogP contribution in [0, 0.1) is 6.92 Å². The number of nitrogens with zero attached hydrogens (tertiary/aromatic N) is 1. The molecule has 1 aromatic carbocycles. The number of furan rings is 1. The zero-order valence-corrected chi connectivity index (χ0v) is 14.3. The largest absolute Gasteiger partial charge is 0.460 e. The third-order valence-electron chi connectivity index (χ3n) is 3.72. The van der Waals surface area contributed by atoms with Crippen LogP contribution in [0.3, 0.4) is 0 Å². The van der Waals surface area contributed by atoms with Crippen LogP contribution < -0.4 is 10.9 Å². The van der Waals surface area contributed by atoms with E-state index in [1.165, 1.54) is 4.57 Å². The molecule has 1 N–H and O–H groups in total. The van der Waals surface area contributed by atoms with Gasteiger partial charge >= 0.3 is 0 Å². The molecule has 0 spiro atoms. The number of hydrogen-bond donors (Lipinski definition) is 1. The number of rotatable bonds is 3. The minimum Gasteiger partial charge on any atom is -0.460 e. The molecule has 0 radical (unpaired) electrons. The fourth-order valence-electron chi connectivity index (χ4n) is 2.50. The molecule has 5 nitrogen and oxygen atoms in total. The van der Waals surface area contributed by atoms with Crippen LogP contribution in [-0.4, -0.2) is 10.5 Å². The van der Waals surface area contributed by atoms with E-state index in [0.29, 0.717) is 28.8 Å². The summed E-state index contributed by atoms with van der Waals surface area (Å²) >= 11 is 3.45. The van der Waals surface area contributed by atoms with Crippen LogP contribution in [0.4, 0.5) is 0 Å². The summed E-state index contributed by atoms with van der Waals surface area (Å²) in [5.74, 6) is 0.119. The van der Waals surface area contributed by atoms with Crippen molar-refractivity contribution in [2.45, 2.75) is 13.5 Å². The van der Waals surface area contributed by atoms with Crippen LogP contribution in [0.1, 0.15) is 21.7 Å². The molecule has 1 amide bonds. The Morgan fingerprint density at radius 2 is 2.04 bits per heavy atom. The third-order valence-corrected chi connectivity index (χ3v) is 4.49. The molecule has 2 heterocycles. The average molecular weight is 375 g/mol. The number of carbonyl (C=O) groups is 1. The highest BCUT2D eigenvalue weighted by atomic mass is 79.9. The van der Waals surface area contributed by atoms with Gasteiger partial charge in [0.1, 0.15) is 11.3 Å². The van der Waals surface area contributed by atoms with Crippen LogP contribution in [0.2, 0.25) is 0 Å². The lowest BCUT2D eigenvalue weighted by atomic mass is 10.1. The summed E-state index contributed by atoms with van der Waals surface area (Å²) in [5, 5.41) is 3.16. The van der Waals surface area contributed by atoms with Crippen LogP contribution in [0.15, 0.2) is 50.2 Å². The zero-order valence-electron chi connectivity index (χ0n) is 12.7. The Morgan fingerprint density at radius 1 is 1.30 bits per heavy atom. The summed E-state index contributed by atoms with van der Waals surface area (Å²) in [7, 11) is 1.65. The molecule has 23 heavy (non-hydrogen) atoms. The fraction of sp³-hybridized carbons (Fsp3) is 0.176. The number of fused-ring (bicyclic) bond motifs is 1. The molecule has 0 unspecified atom stereocenters. The van der Waals surface area contributed by atoms with Crippen molar-refractivity contribution in [1.82, 2.24) is 9.88 Å². The van der Waals surface area contributed by atoms with Crippen LogP contribution in [-0.2, 0) is 13.6 Å². The Bertz CT molecular complexity index is 956. The number of nitrogens with one attached hydrogen (secondary N) is 1. The molecule has 0 saturated carbocycles. The molecule has 0 aliphatic rings. The molecule has 6 heteroatoms. The van der Waals surface area contributed by atoms with Gasteiger partial charge in [0.2, 0.25) is 0 Å². The van der Waals surface area contributed by atoms with E-state index in [1.807, 2.05) is 24.3 Å². The van der Waals surface area contributed by atoms with Gasteiger partial charge in [0.25, 0.3) is 11.5 Å². The standard InChI is InChI=1S/C17H15BrN2O3/c1-10-14(15-13(23-10)7-8-20(2)17(15)22)16(21)19-9-11-5-3-4-6-12(11)18/h3-8H,9H2,1-2H3,(H,19,21). The monoisotopic (exact) mass is 374 g/mol. The smallest absolute Gasteiger partial charge is 0.262 e. The van der Waals surface area contributed by atoms with Gasteiger partial charge in [-0.3, -0.25) is 9.59 Å². The summed E-state index contributed by atoms with van der Waals surface area (Å²) in [6, 6.07) is 9.33. The molecule has 0 aliphatic carbocycles. The van der Waals surface area contributed by atoms with Gasteiger partial charge in [-0.05, 0) is 24.6 Å². The molecule has 0 aliphatic heterocycles. The van der Waals surface area contributed by atoms with Crippen LogP contribution in [0.5, 0.6) is 0 Å². The molecular weight excluding hydrogens is 360 g/mol. The SMILES string of the molecule is Cc1oc2ccn(C)c(=O)c2c1C(=O)NCc1ccccc1Br. The minimum atomic E-state index is -0.319. The van der Waals surface area contributed by atoms with E-state index in [-0.39, 0.29) is 11.5 Å². The first-order valence-corrected chi connectivity index (χ1v) is 7.88. The Balaban J connectivity index is 1.95. The number of carbonyl (C=O) groups excluding carboxylic acids is 1. The second kappa shape index (κ2) is 6.04. The maximum Gasteiger partial charge on any atom is 0.262 e. The number of halogens is 1. The summed E-state index contributed by atoms with van der Waals surface area (Å²) in [4.78, 5) is 24.9. The molecule has 3 rings (SSSR count). The van der Waals surface area contributed by atoms with Crippen molar-refractivity contribution in [3.8, 4) is 0 Å². The van der Waals surface area contributed by atoms with E-state index >= 15 is 0 Å². The van der Waals surface area contributed by atoms with E-state index in [9.17, 15) is 9.59 Å². The van der Waals surface area contributed by atoms with Gasteiger partial charge in [-0.15, -0.1) is 0 Å². The Labute approximate surface area is 141 Å². The van der Waals surface area contributed by atoms with Gasteiger partial charge in [0.05, 0.1) is 10.9 Å². The number of aryl methyl sites for hydroxylation is 2. The number of pyridine rings is 1. The maximum atomic E-state index is 12.6. The number of amides is 1. The average Bonchev–Trinajstić information content (AvgIpc) is 2.87. The van der Waals surface area contributed by atoms with Gasteiger partial charge < -0.3 is 14.3 Å². The molecule has 118 valence electrons. The summed E-state index contributed by atoms with van der Waals surface area (Å²) in [5.41, 5.74) is 1.44. The van der Waals surface area contributed by atoms with Gasteiger partial charge in [-0.1, -0.05) is 34.1 Å². The van der Waals surface area contributed by atoms with Crippen LogP contribution in [0.25, 0.3) is 11.0 Å². The quantitative estimate of drug-likeness (QED) is 0.765. The van der Waals surface area contributed by atoms with E-state index in [0.717, 1.165) is 10.0 Å². The first-order valence-electron chi connectivity index (χ1n) is 7.09. The Hall–Kier alpha value is -2.34. The number of benzene rings is 1. The van der Waals surface area contributed by atoms with E-state index in [1.54, 1.807) is 26.2 Å². The van der Waals surface area contributed by atoms with E-state index in [4.69, 9.17) is 4.42 Å². The second-order valence-corrected chi connectivity index (χ2v) is 6.13. The summed E-state index contributed by atoms with van der Waals surface area (Å²) < 4.78 is 7.90. The van der Waals surface area contributed by atoms with Gasteiger partial charge in [0, 0.05) is 24.3 Å². The number of aromatic nitrogens is 1. The summed E-state index contributed by atoms with van der Waals surface area (Å²) in [6.07, 6.45) is 1.62. The first-order chi connectivity index (χ1) is 11.0. The molecule has 0 bridgehead atoms. The molecule has 0 saturated heterocycles. The lowest BCUT2D eigenvalue weighted by molar-refractivity contribution is 0.0950. The maximum absolute atomic E-state index is 12.6. The predicted octanol–water partition coefficient (Wildman–Crippen LogP) is 3.13. The second-order valence-electron chi connectivity index (χ2n) is 5.28. The zero-order chi connectivity index (χ0) is 16.6. The molecule has 0 fully saturated rings. The first kappa shape index (κ1) is 15.6. The van der Waals surface area contributed by atoms with Crippen molar-refractivity contribution in [1.29, 1.82) is 0 Å². The minimum absolute atomic E-state index is 0.245. The lowest BCUT2D eigenvalue weighted by Gasteiger charge is -2.07. The fourth-order valence-corrected chi connectivity index (χ4v) is 2.92. The lowest BCUT2D eigenvalue weighted by Crippen LogP contribution is -2.25. The van der Waals surface area contributed by atoms with Gasteiger partial charge in [0.15, 0.2) is 0 Å². The van der Waals surface area contributed by atoms with Gasteiger partial charge in [-0.25, -0.2) is 0 Å². The van der Waals surface area contributed by atoms with Crippen LogP contribution >= 0.6 is 15.9 Å². The Kier molecular flexibility index (Phi) is 4.09. The highest BCUT2D eigenvalue weighted by Gasteiger charge is 2.21. The van der Waals surface area contributed by atoms with Crippen molar-refractivity contribution >= 4 is 32.8 Å². The van der Waals surface area contributed by atoms with Crippen molar-refractivity contribution in [3.63, 3.8) is 0 Å². The molecule has 2 aromatic heterocycles. The Morgan fingerprint density at radius 3 is 2.78 bits per heavy atom. The van der Waals surface area contributed by atoms with E-state index in [2.05, 4.69) is 21.2 Å². The third kappa shape index (κ3) is 2.82. The van der Waals surface area contributed by atoms with Crippen molar-refractivity contribution in [2.24, 2.45) is 7.05 Å². The van der Waals surface area contributed by atoms with E-state index < -0.39 is 0 Å². The normalized spacial score (nSPS) is 10.9. The molecule has 3 aromatic rings. The highest BCUT2D eigenvalue weighted by Crippen LogP contribution is 2.22. The highest BCUT2D eigenvalue weighted by molar-refractivity contribution is 9.10. The molecular formula is C17H15BrN2O3. The summed E-state index contributed by atoms with van der Waals surface area (Å²) in [6.45, 7) is 2.05. The topological polar surface area (TPSA) is 64.2 Å². The van der Waals surface area contributed by atoms with Crippen molar-refractivity contribution in [2.75, 3.05) is 0 Å². The van der Waals surface area contributed by atoms with Crippen molar-refractivity contribution in [3.05, 3.63) is 68.2 Å². The van der Waals surface area contributed by atoms with Gasteiger partial charge in [-0.2, -0.15) is 0 Å². The molecule has 0 atom stereocenters. The number of hydrogen-bond acceptors (Lipinski definition) is 3.